The van der Waals surface area contributed by atoms with Crippen LogP contribution in [0.4, 0.5) is 0 Å². The number of Topliss-reactive ketones (excluding diaryl/α,β-unsaturated/α-hetero) is 2. The molecule has 1 rings (SSSR count). The van der Waals surface area contributed by atoms with E-state index in [2.05, 4.69) is 15.9 Å². The summed E-state index contributed by atoms with van der Waals surface area (Å²) in [6.45, 7) is 1.65. The third-order valence-electron chi connectivity index (χ3n) is 2.89. The molecule has 13 heavy (non-hydrogen) atoms. The summed E-state index contributed by atoms with van der Waals surface area (Å²) in [7, 11) is 0. The Balaban J connectivity index is 2.39. The zero-order valence-electron chi connectivity index (χ0n) is 7.88. The Hall–Kier alpha value is -0.180. The number of carbonyl (C=O) groups is 2. The van der Waals surface area contributed by atoms with Crippen molar-refractivity contribution in [3.63, 3.8) is 0 Å². The first-order valence-corrected chi connectivity index (χ1v) is 5.86. The molecule has 0 aromatic heterocycles. The largest absolute Gasteiger partial charge is 0.300 e. The van der Waals surface area contributed by atoms with Crippen LogP contribution in [0.25, 0.3) is 0 Å². The highest BCUT2D eigenvalue weighted by atomic mass is 79.9. The quantitative estimate of drug-likeness (QED) is 0.717. The molecule has 0 amide bonds. The van der Waals surface area contributed by atoms with Gasteiger partial charge in [-0.1, -0.05) is 15.9 Å². The molecule has 0 aromatic rings. The van der Waals surface area contributed by atoms with E-state index in [-0.39, 0.29) is 17.6 Å². The highest BCUT2D eigenvalue weighted by molar-refractivity contribution is 9.09. The third-order valence-corrected chi connectivity index (χ3v) is 3.44. The van der Waals surface area contributed by atoms with Crippen molar-refractivity contribution in [2.75, 3.05) is 5.33 Å². The molecular weight excluding hydrogens is 232 g/mol. The van der Waals surface area contributed by atoms with Crippen LogP contribution in [0.5, 0.6) is 0 Å². The van der Waals surface area contributed by atoms with Gasteiger partial charge in [0.2, 0.25) is 0 Å². The average Bonchev–Trinajstić information content (AvgIpc) is 2.17. The zero-order valence-corrected chi connectivity index (χ0v) is 9.47. The van der Waals surface area contributed by atoms with Crippen molar-refractivity contribution < 1.29 is 9.59 Å². The van der Waals surface area contributed by atoms with Crippen LogP contribution < -0.4 is 0 Å². The first kappa shape index (κ1) is 10.9. The fourth-order valence-electron chi connectivity index (χ4n) is 1.93. The van der Waals surface area contributed by atoms with Gasteiger partial charge in [0.1, 0.15) is 11.6 Å². The molecular formula is C10H15BrO2. The number of halogens is 1. The second-order valence-corrected chi connectivity index (χ2v) is 4.32. The maximum atomic E-state index is 11.3. The minimum Gasteiger partial charge on any atom is -0.300 e. The van der Waals surface area contributed by atoms with E-state index in [1.54, 1.807) is 6.92 Å². The first-order valence-electron chi connectivity index (χ1n) is 4.74. The number of hydrogen-bond donors (Lipinski definition) is 0. The Morgan fingerprint density at radius 2 is 1.62 bits per heavy atom. The summed E-state index contributed by atoms with van der Waals surface area (Å²) in [5, 5.41) is 0.461. The van der Waals surface area contributed by atoms with Gasteiger partial charge < -0.3 is 0 Å². The fourth-order valence-corrected chi connectivity index (χ4v) is 2.39. The lowest BCUT2D eigenvalue weighted by Gasteiger charge is -2.25. The lowest BCUT2D eigenvalue weighted by atomic mass is 9.79. The zero-order chi connectivity index (χ0) is 9.84. The van der Waals surface area contributed by atoms with Crippen LogP contribution in [0.3, 0.4) is 0 Å². The lowest BCUT2D eigenvalue weighted by molar-refractivity contribution is -0.125. The molecule has 0 saturated heterocycles. The molecule has 1 aliphatic rings. The number of rotatable bonds is 3. The van der Waals surface area contributed by atoms with Gasteiger partial charge in [0, 0.05) is 11.8 Å². The van der Waals surface area contributed by atoms with E-state index in [0.717, 1.165) is 25.7 Å². The summed E-state index contributed by atoms with van der Waals surface area (Å²) in [5.41, 5.74) is 0. The highest BCUT2D eigenvalue weighted by Crippen LogP contribution is 2.30. The van der Waals surface area contributed by atoms with Gasteiger partial charge in [0.15, 0.2) is 0 Å². The maximum absolute atomic E-state index is 11.3. The van der Waals surface area contributed by atoms with E-state index in [9.17, 15) is 9.59 Å². The molecule has 3 heteroatoms. The summed E-state index contributed by atoms with van der Waals surface area (Å²) in [5.74, 6) is 1.00. The van der Waals surface area contributed by atoms with E-state index >= 15 is 0 Å². The van der Waals surface area contributed by atoms with Crippen LogP contribution in [0.2, 0.25) is 0 Å². The van der Waals surface area contributed by atoms with E-state index in [4.69, 9.17) is 0 Å². The first-order chi connectivity index (χ1) is 6.15. The Labute approximate surface area is 87.2 Å². The molecule has 2 nitrogen and oxygen atoms in total. The number of carbonyl (C=O) groups excluding carboxylic acids is 2. The Bertz CT molecular complexity index is 205. The molecule has 0 aromatic carbocycles. The molecule has 1 fully saturated rings. The van der Waals surface area contributed by atoms with Gasteiger partial charge in [0.25, 0.3) is 0 Å². The van der Waals surface area contributed by atoms with Gasteiger partial charge in [-0.2, -0.15) is 0 Å². The molecule has 0 heterocycles. The van der Waals surface area contributed by atoms with E-state index in [1.165, 1.54) is 0 Å². The SMILES string of the molecule is CC(=O)[C@H]1CC[C@H](C(=O)CBr)CC1. The highest BCUT2D eigenvalue weighted by Gasteiger charge is 2.27. The van der Waals surface area contributed by atoms with Crippen molar-refractivity contribution in [3.8, 4) is 0 Å². The molecule has 0 N–H and O–H groups in total. The second-order valence-electron chi connectivity index (χ2n) is 3.76. The van der Waals surface area contributed by atoms with Crippen molar-refractivity contribution >= 4 is 27.5 Å². The van der Waals surface area contributed by atoms with Gasteiger partial charge in [-0.05, 0) is 32.6 Å². The Morgan fingerprint density at radius 3 is 2.00 bits per heavy atom. The van der Waals surface area contributed by atoms with Crippen LogP contribution in [0.1, 0.15) is 32.6 Å². The van der Waals surface area contributed by atoms with Crippen LogP contribution in [0.15, 0.2) is 0 Å². The predicted molar refractivity (Wildman–Crippen MR) is 54.9 cm³/mol. The van der Waals surface area contributed by atoms with Crippen molar-refractivity contribution in [1.29, 1.82) is 0 Å². The third kappa shape index (κ3) is 2.90. The molecule has 0 aliphatic heterocycles. The monoisotopic (exact) mass is 246 g/mol. The molecule has 1 saturated carbocycles. The number of hydrogen-bond acceptors (Lipinski definition) is 2. The molecule has 0 unspecified atom stereocenters. The van der Waals surface area contributed by atoms with E-state index < -0.39 is 0 Å². The van der Waals surface area contributed by atoms with Gasteiger partial charge in [0.05, 0.1) is 5.33 Å². The van der Waals surface area contributed by atoms with Gasteiger partial charge in [-0.3, -0.25) is 9.59 Å². The van der Waals surface area contributed by atoms with Crippen LogP contribution in [-0.4, -0.2) is 16.9 Å². The molecule has 1 aliphatic carbocycles. The van der Waals surface area contributed by atoms with Crippen LogP contribution >= 0.6 is 15.9 Å². The van der Waals surface area contributed by atoms with Crippen LogP contribution in [-0.2, 0) is 9.59 Å². The molecule has 0 atom stereocenters. The summed E-state index contributed by atoms with van der Waals surface area (Å²) in [4.78, 5) is 22.4. The predicted octanol–water partition coefficient (Wildman–Crippen LogP) is 2.35. The van der Waals surface area contributed by atoms with Crippen molar-refractivity contribution in [2.24, 2.45) is 11.8 Å². The fraction of sp³-hybridized carbons (Fsp3) is 0.800. The summed E-state index contributed by atoms with van der Waals surface area (Å²) >= 11 is 3.18. The maximum Gasteiger partial charge on any atom is 0.146 e. The lowest BCUT2D eigenvalue weighted by Crippen LogP contribution is -2.25. The van der Waals surface area contributed by atoms with E-state index in [0.29, 0.717) is 11.1 Å². The number of ketones is 2. The van der Waals surface area contributed by atoms with Gasteiger partial charge >= 0.3 is 0 Å². The Kier molecular flexibility index (Phi) is 4.10. The van der Waals surface area contributed by atoms with E-state index in [1.807, 2.05) is 0 Å². The molecule has 0 radical (unpaired) electrons. The summed E-state index contributed by atoms with van der Waals surface area (Å²) < 4.78 is 0. The minimum absolute atomic E-state index is 0.204. The molecule has 0 bridgehead atoms. The van der Waals surface area contributed by atoms with Gasteiger partial charge in [-0.25, -0.2) is 0 Å². The number of alkyl halides is 1. The van der Waals surface area contributed by atoms with Crippen LogP contribution in [0, 0.1) is 11.8 Å². The van der Waals surface area contributed by atoms with Crippen molar-refractivity contribution in [2.45, 2.75) is 32.6 Å². The summed E-state index contributed by atoms with van der Waals surface area (Å²) in [6.07, 6.45) is 3.60. The average molecular weight is 247 g/mol. The van der Waals surface area contributed by atoms with Crippen molar-refractivity contribution in [3.05, 3.63) is 0 Å². The van der Waals surface area contributed by atoms with Crippen molar-refractivity contribution in [1.82, 2.24) is 0 Å². The molecule has 74 valence electrons. The standard InChI is InChI=1S/C10H15BrO2/c1-7(12)8-2-4-9(5-3-8)10(13)6-11/h8-9H,2-6H2,1H3/t8-,9-. The smallest absolute Gasteiger partial charge is 0.146 e. The molecule has 0 spiro atoms. The van der Waals surface area contributed by atoms with Gasteiger partial charge in [-0.15, -0.1) is 0 Å². The normalized spacial score (nSPS) is 28.5. The Morgan fingerprint density at radius 1 is 1.15 bits per heavy atom. The second kappa shape index (κ2) is 4.89. The summed E-state index contributed by atoms with van der Waals surface area (Å²) in [6, 6.07) is 0. The minimum atomic E-state index is 0.204. The topological polar surface area (TPSA) is 34.1 Å².